The summed E-state index contributed by atoms with van der Waals surface area (Å²) in [6, 6.07) is 13.0. The molecule has 0 spiro atoms. The van der Waals surface area contributed by atoms with Crippen LogP contribution in [-0.2, 0) is 4.79 Å². The second-order valence-electron chi connectivity index (χ2n) is 6.42. The van der Waals surface area contributed by atoms with Crippen LogP contribution in [0.2, 0.25) is 5.02 Å². The number of aryl methyl sites for hydroxylation is 1. The lowest BCUT2D eigenvalue weighted by Crippen LogP contribution is -2.23. The van der Waals surface area contributed by atoms with E-state index in [2.05, 4.69) is 10.3 Å². The maximum absolute atomic E-state index is 14.4. The molecule has 2 aromatic carbocycles. The molecule has 0 unspecified atom stereocenters. The van der Waals surface area contributed by atoms with Gasteiger partial charge in [0.2, 0.25) is 5.91 Å². The van der Waals surface area contributed by atoms with Crippen molar-refractivity contribution in [1.82, 2.24) is 9.55 Å². The van der Waals surface area contributed by atoms with Gasteiger partial charge in [0.1, 0.15) is 10.5 Å². The minimum absolute atomic E-state index is 0.0119. The van der Waals surface area contributed by atoms with Crippen molar-refractivity contribution in [3.05, 3.63) is 80.7 Å². The zero-order valence-corrected chi connectivity index (χ0v) is 18.1. The average Bonchev–Trinajstić information content (AvgIpc) is 3.19. The van der Waals surface area contributed by atoms with Crippen LogP contribution < -0.4 is 10.9 Å². The molecule has 2 aromatic heterocycles. The van der Waals surface area contributed by atoms with E-state index in [0.717, 1.165) is 17.3 Å². The van der Waals surface area contributed by atoms with Crippen molar-refractivity contribution >= 4 is 56.5 Å². The van der Waals surface area contributed by atoms with E-state index in [1.807, 2.05) is 13.0 Å². The van der Waals surface area contributed by atoms with Crippen LogP contribution in [0.1, 0.15) is 5.56 Å². The number of carbonyl (C=O) groups is 1. The van der Waals surface area contributed by atoms with Crippen LogP contribution >= 0.6 is 34.7 Å². The van der Waals surface area contributed by atoms with Gasteiger partial charge in [-0.05, 0) is 48.2 Å². The molecule has 0 atom stereocenters. The highest BCUT2D eigenvalue weighted by atomic mass is 35.5. The number of nitrogens with one attached hydrogen (secondary N) is 1. The van der Waals surface area contributed by atoms with Crippen molar-refractivity contribution in [3.63, 3.8) is 0 Å². The Kier molecular flexibility index (Phi) is 5.90. The summed E-state index contributed by atoms with van der Waals surface area (Å²) in [6.07, 6.45) is 0. The number of thiophene rings is 1. The molecule has 0 saturated carbocycles. The van der Waals surface area contributed by atoms with Crippen molar-refractivity contribution in [2.45, 2.75) is 12.1 Å². The highest BCUT2D eigenvalue weighted by Gasteiger charge is 2.18. The monoisotopic (exact) mass is 459 g/mol. The van der Waals surface area contributed by atoms with E-state index in [1.165, 1.54) is 28.0 Å². The number of hydrogen-bond acceptors (Lipinski definition) is 5. The first-order valence-corrected chi connectivity index (χ1v) is 11.1. The molecule has 0 fully saturated rings. The average molecular weight is 460 g/mol. The van der Waals surface area contributed by atoms with E-state index in [0.29, 0.717) is 20.9 Å². The standard InChI is InChI=1S/C21H15ClFN3O2S2/c1-12-6-7-13(10-14(12)22)24-18(27)11-30-21-25-16-8-9-29-19(16)20(28)26(21)17-5-3-2-4-15(17)23/h2-10H,11H2,1H3,(H,24,27). The molecule has 1 amide bonds. The van der Waals surface area contributed by atoms with Gasteiger partial charge in [-0.3, -0.25) is 14.2 Å². The Labute approximate surface area is 184 Å². The number of halogens is 2. The smallest absolute Gasteiger partial charge is 0.276 e. The van der Waals surface area contributed by atoms with Gasteiger partial charge in [-0.25, -0.2) is 9.37 Å². The summed E-state index contributed by atoms with van der Waals surface area (Å²) >= 11 is 8.41. The van der Waals surface area contributed by atoms with Gasteiger partial charge in [0, 0.05) is 10.7 Å². The first kappa shape index (κ1) is 20.6. The maximum Gasteiger partial charge on any atom is 0.276 e. The van der Waals surface area contributed by atoms with Crippen LogP contribution in [-0.4, -0.2) is 21.2 Å². The number of amides is 1. The molecule has 4 aromatic rings. The van der Waals surface area contributed by atoms with Crippen molar-refractivity contribution < 1.29 is 9.18 Å². The lowest BCUT2D eigenvalue weighted by atomic mass is 10.2. The third kappa shape index (κ3) is 4.12. The summed E-state index contributed by atoms with van der Waals surface area (Å²) in [7, 11) is 0. The van der Waals surface area contributed by atoms with E-state index >= 15 is 0 Å². The van der Waals surface area contributed by atoms with Gasteiger partial charge in [-0.2, -0.15) is 0 Å². The Hall–Kier alpha value is -2.68. The Bertz CT molecular complexity index is 1320. The molecule has 0 aliphatic rings. The molecule has 9 heteroatoms. The second kappa shape index (κ2) is 8.59. The summed E-state index contributed by atoms with van der Waals surface area (Å²) in [4.78, 5) is 29.9. The zero-order chi connectivity index (χ0) is 21.3. The number of fused-ring (bicyclic) bond motifs is 1. The van der Waals surface area contributed by atoms with E-state index in [9.17, 15) is 14.0 Å². The van der Waals surface area contributed by atoms with Crippen LogP contribution in [0, 0.1) is 12.7 Å². The number of rotatable bonds is 5. The highest BCUT2D eigenvalue weighted by molar-refractivity contribution is 7.99. The van der Waals surface area contributed by atoms with Gasteiger partial charge < -0.3 is 5.32 Å². The normalized spacial score (nSPS) is 11.0. The van der Waals surface area contributed by atoms with Crippen molar-refractivity contribution in [2.24, 2.45) is 0 Å². The number of para-hydroxylation sites is 1. The summed E-state index contributed by atoms with van der Waals surface area (Å²) in [5, 5.41) is 5.32. The summed E-state index contributed by atoms with van der Waals surface area (Å²) < 4.78 is 16.1. The molecule has 2 heterocycles. The molecular formula is C21H15ClFN3O2S2. The summed E-state index contributed by atoms with van der Waals surface area (Å²) in [6.45, 7) is 1.87. The Morgan fingerprint density at radius 2 is 2.07 bits per heavy atom. The largest absolute Gasteiger partial charge is 0.325 e. The summed E-state index contributed by atoms with van der Waals surface area (Å²) in [5.41, 5.74) is 1.73. The van der Waals surface area contributed by atoms with Gasteiger partial charge in [-0.1, -0.05) is 41.6 Å². The fourth-order valence-electron chi connectivity index (χ4n) is 2.83. The number of aromatic nitrogens is 2. The molecule has 1 N–H and O–H groups in total. The first-order chi connectivity index (χ1) is 14.4. The van der Waals surface area contributed by atoms with E-state index in [1.54, 1.807) is 35.7 Å². The van der Waals surface area contributed by atoms with Gasteiger partial charge in [-0.15, -0.1) is 11.3 Å². The highest BCUT2D eigenvalue weighted by Crippen LogP contribution is 2.25. The lowest BCUT2D eigenvalue weighted by molar-refractivity contribution is -0.113. The number of hydrogen-bond donors (Lipinski definition) is 1. The van der Waals surface area contributed by atoms with E-state index in [4.69, 9.17) is 11.6 Å². The number of anilines is 1. The van der Waals surface area contributed by atoms with Crippen LogP contribution in [0.5, 0.6) is 0 Å². The molecular weight excluding hydrogens is 445 g/mol. The first-order valence-electron chi connectivity index (χ1n) is 8.88. The fourth-order valence-corrected chi connectivity index (χ4v) is 4.58. The second-order valence-corrected chi connectivity index (χ2v) is 8.69. The number of thioether (sulfide) groups is 1. The molecule has 4 rings (SSSR count). The molecule has 0 aliphatic heterocycles. The quantitative estimate of drug-likeness (QED) is 0.326. The molecule has 5 nitrogen and oxygen atoms in total. The van der Waals surface area contributed by atoms with Gasteiger partial charge >= 0.3 is 0 Å². The lowest BCUT2D eigenvalue weighted by Gasteiger charge is -2.13. The maximum atomic E-state index is 14.4. The van der Waals surface area contributed by atoms with Crippen LogP contribution in [0.3, 0.4) is 0 Å². The molecule has 0 saturated heterocycles. The Morgan fingerprint density at radius 1 is 1.27 bits per heavy atom. The van der Waals surface area contributed by atoms with Crippen LogP contribution in [0.25, 0.3) is 15.9 Å². The van der Waals surface area contributed by atoms with Crippen molar-refractivity contribution in [3.8, 4) is 5.69 Å². The zero-order valence-electron chi connectivity index (χ0n) is 15.7. The van der Waals surface area contributed by atoms with Crippen molar-refractivity contribution in [1.29, 1.82) is 0 Å². The fraction of sp³-hybridized carbons (Fsp3) is 0.0952. The van der Waals surface area contributed by atoms with E-state index in [-0.39, 0.29) is 28.1 Å². The predicted octanol–water partition coefficient (Wildman–Crippen LogP) is 5.28. The molecule has 0 radical (unpaired) electrons. The Balaban J connectivity index is 1.64. The van der Waals surface area contributed by atoms with E-state index < -0.39 is 5.82 Å². The number of nitrogens with zero attached hydrogens (tertiary/aromatic N) is 2. The van der Waals surface area contributed by atoms with Crippen LogP contribution in [0.4, 0.5) is 10.1 Å². The molecule has 0 aliphatic carbocycles. The van der Waals surface area contributed by atoms with Crippen LogP contribution in [0.15, 0.2) is 63.9 Å². The minimum atomic E-state index is -0.544. The molecule has 152 valence electrons. The number of benzene rings is 2. The third-order valence-electron chi connectivity index (χ3n) is 4.33. The van der Waals surface area contributed by atoms with Gasteiger partial charge in [0.05, 0.1) is 17.0 Å². The topological polar surface area (TPSA) is 64.0 Å². The summed E-state index contributed by atoms with van der Waals surface area (Å²) in [5.74, 6) is -0.847. The minimum Gasteiger partial charge on any atom is -0.325 e. The SMILES string of the molecule is Cc1ccc(NC(=O)CSc2nc3ccsc3c(=O)n2-c2ccccc2F)cc1Cl. The van der Waals surface area contributed by atoms with Gasteiger partial charge in [0.25, 0.3) is 5.56 Å². The third-order valence-corrected chi connectivity index (χ3v) is 6.57. The Morgan fingerprint density at radius 3 is 2.83 bits per heavy atom. The predicted molar refractivity (Wildman–Crippen MR) is 121 cm³/mol. The molecule has 30 heavy (non-hydrogen) atoms. The number of carbonyl (C=O) groups excluding carboxylic acids is 1. The molecule has 0 bridgehead atoms. The van der Waals surface area contributed by atoms with Crippen molar-refractivity contribution in [2.75, 3.05) is 11.1 Å². The van der Waals surface area contributed by atoms with Gasteiger partial charge in [0.15, 0.2) is 5.16 Å².